The van der Waals surface area contributed by atoms with Crippen LogP contribution in [-0.4, -0.2) is 25.5 Å². The van der Waals surface area contributed by atoms with Crippen molar-refractivity contribution in [2.24, 2.45) is 0 Å². The molecule has 3 nitrogen and oxygen atoms in total. The number of hydrogen-bond acceptors (Lipinski definition) is 3. The van der Waals surface area contributed by atoms with Crippen molar-refractivity contribution in [1.82, 2.24) is 0 Å². The molecule has 1 heterocycles. The highest BCUT2D eigenvalue weighted by molar-refractivity contribution is 7.92. The maximum atomic E-state index is 12.5. The van der Waals surface area contributed by atoms with Crippen molar-refractivity contribution in [3.8, 4) is 0 Å². The summed E-state index contributed by atoms with van der Waals surface area (Å²) in [5, 5.41) is 0. The van der Waals surface area contributed by atoms with E-state index < -0.39 is 14.6 Å². The third kappa shape index (κ3) is 3.57. The quantitative estimate of drug-likeness (QED) is 0.737. The Balaban J connectivity index is 2.02. The van der Waals surface area contributed by atoms with Gasteiger partial charge in [-0.3, -0.25) is 0 Å². The van der Waals surface area contributed by atoms with E-state index in [0.717, 1.165) is 38.5 Å². The van der Waals surface area contributed by atoms with Gasteiger partial charge in [-0.1, -0.05) is 26.2 Å². The Morgan fingerprint density at radius 2 is 1.80 bits per heavy atom. The summed E-state index contributed by atoms with van der Waals surface area (Å²) in [6.07, 6.45) is 12.2. The molecule has 1 aliphatic carbocycles. The average molecular weight is 300 g/mol. The Kier molecular flexibility index (Phi) is 5.53. The van der Waals surface area contributed by atoms with Crippen molar-refractivity contribution >= 4 is 9.84 Å². The van der Waals surface area contributed by atoms with Gasteiger partial charge in [0.05, 0.1) is 12.0 Å². The zero-order valence-corrected chi connectivity index (χ0v) is 13.5. The van der Waals surface area contributed by atoms with Gasteiger partial charge in [0.1, 0.15) is 11.4 Å². The minimum Gasteiger partial charge on any atom is -0.500 e. The molecule has 0 aromatic carbocycles. The molecule has 0 N–H and O–H groups in total. The Morgan fingerprint density at radius 1 is 1.10 bits per heavy atom. The molecule has 0 amide bonds. The predicted molar refractivity (Wildman–Crippen MR) is 82.4 cm³/mol. The maximum absolute atomic E-state index is 12.5. The van der Waals surface area contributed by atoms with E-state index in [1.54, 1.807) is 0 Å². The highest BCUT2D eigenvalue weighted by Gasteiger charge is 2.43. The first kappa shape index (κ1) is 15.9. The van der Waals surface area contributed by atoms with Gasteiger partial charge in [-0.15, -0.1) is 0 Å². The highest BCUT2D eigenvalue weighted by atomic mass is 32.2. The Morgan fingerprint density at radius 3 is 2.50 bits per heavy atom. The van der Waals surface area contributed by atoms with Crippen molar-refractivity contribution in [2.75, 3.05) is 12.4 Å². The van der Waals surface area contributed by atoms with Crippen LogP contribution in [0.5, 0.6) is 0 Å². The molecular weight excluding hydrogens is 272 g/mol. The third-order valence-corrected chi connectivity index (χ3v) is 7.70. The number of rotatable bonds is 4. The molecule has 0 aromatic heterocycles. The average Bonchev–Trinajstić information content (AvgIpc) is 2.59. The lowest BCUT2D eigenvalue weighted by atomic mass is 9.96. The molecule has 2 fully saturated rings. The Hall–Kier alpha value is -0.510. The van der Waals surface area contributed by atoms with Gasteiger partial charge in [-0.25, -0.2) is 8.42 Å². The van der Waals surface area contributed by atoms with Gasteiger partial charge in [0.15, 0.2) is 9.84 Å². The lowest BCUT2D eigenvalue weighted by Crippen LogP contribution is -2.42. The van der Waals surface area contributed by atoms with Crippen LogP contribution in [0, 0.1) is 0 Å². The molecule has 20 heavy (non-hydrogen) atoms. The standard InChI is InChI=1S/C16H28O3S/c1-2-16(11-7-4-8-12-20(16,17)18)14-19-13-15-9-5-3-6-10-15/h13H,2-12,14H2,1H3. The molecule has 1 saturated carbocycles. The van der Waals surface area contributed by atoms with E-state index in [-0.39, 0.29) is 0 Å². The second-order valence-corrected chi connectivity index (χ2v) is 8.82. The molecular formula is C16H28O3S. The number of allylic oxidation sites excluding steroid dienone is 1. The fourth-order valence-corrected chi connectivity index (χ4v) is 5.54. The van der Waals surface area contributed by atoms with Crippen molar-refractivity contribution in [3.63, 3.8) is 0 Å². The van der Waals surface area contributed by atoms with Crippen molar-refractivity contribution < 1.29 is 13.2 Å². The first-order chi connectivity index (χ1) is 9.60. The van der Waals surface area contributed by atoms with Crippen LogP contribution in [-0.2, 0) is 14.6 Å². The summed E-state index contributed by atoms with van der Waals surface area (Å²) in [6, 6.07) is 0. The van der Waals surface area contributed by atoms with Crippen molar-refractivity contribution in [1.29, 1.82) is 0 Å². The zero-order chi connectivity index (χ0) is 14.5. The minimum atomic E-state index is -3.03. The summed E-state index contributed by atoms with van der Waals surface area (Å²) in [5.74, 6) is 0.334. The molecule has 0 radical (unpaired) electrons. The lowest BCUT2D eigenvalue weighted by Gasteiger charge is -2.30. The van der Waals surface area contributed by atoms with E-state index in [4.69, 9.17) is 4.74 Å². The molecule has 1 saturated heterocycles. The maximum Gasteiger partial charge on any atom is 0.159 e. The smallest absolute Gasteiger partial charge is 0.159 e. The van der Waals surface area contributed by atoms with E-state index >= 15 is 0 Å². The summed E-state index contributed by atoms with van der Waals surface area (Å²) in [6.45, 7) is 2.33. The first-order valence-electron chi connectivity index (χ1n) is 8.11. The van der Waals surface area contributed by atoms with Gasteiger partial charge in [-0.05, 0) is 50.5 Å². The van der Waals surface area contributed by atoms with Gasteiger partial charge in [0.25, 0.3) is 0 Å². The summed E-state index contributed by atoms with van der Waals surface area (Å²) >= 11 is 0. The summed E-state index contributed by atoms with van der Waals surface area (Å²) in [5.41, 5.74) is 1.36. The van der Waals surface area contributed by atoms with E-state index in [1.807, 2.05) is 13.2 Å². The van der Waals surface area contributed by atoms with E-state index in [1.165, 1.54) is 24.8 Å². The van der Waals surface area contributed by atoms with Crippen LogP contribution in [0.3, 0.4) is 0 Å². The summed E-state index contributed by atoms with van der Waals surface area (Å²) in [4.78, 5) is 0. The predicted octanol–water partition coefficient (Wildman–Crippen LogP) is 3.99. The van der Waals surface area contributed by atoms with Gasteiger partial charge in [0.2, 0.25) is 0 Å². The molecule has 1 aliphatic heterocycles. The van der Waals surface area contributed by atoms with Gasteiger partial charge >= 0.3 is 0 Å². The SMILES string of the molecule is CCC1(COC=C2CCCCC2)CCCCCS1(=O)=O. The van der Waals surface area contributed by atoms with Crippen LogP contribution in [0.4, 0.5) is 0 Å². The van der Waals surface area contributed by atoms with E-state index in [2.05, 4.69) is 0 Å². The normalized spacial score (nSPS) is 30.6. The second-order valence-electron chi connectivity index (χ2n) is 6.31. The van der Waals surface area contributed by atoms with Crippen molar-refractivity contribution in [3.05, 3.63) is 11.8 Å². The third-order valence-electron chi connectivity index (χ3n) is 4.94. The molecule has 1 unspecified atom stereocenters. The van der Waals surface area contributed by atoms with Crippen LogP contribution in [0.15, 0.2) is 11.8 Å². The van der Waals surface area contributed by atoms with E-state index in [0.29, 0.717) is 18.8 Å². The molecule has 0 bridgehead atoms. The van der Waals surface area contributed by atoms with Gasteiger partial charge in [-0.2, -0.15) is 0 Å². The van der Waals surface area contributed by atoms with Crippen LogP contribution < -0.4 is 0 Å². The van der Waals surface area contributed by atoms with Gasteiger partial charge in [0, 0.05) is 0 Å². The lowest BCUT2D eigenvalue weighted by molar-refractivity contribution is 0.193. The molecule has 0 aromatic rings. The summed E-state index contributed by atoms with van der Waals surface area (Å²) in [7, 11) is -3.03. The zero-order valence-electron chi connectivity index (χ0n) is 12.7. The number of ether oxygens (including phenoxy) is 1. The summed E-state index contributed by atoms with van der Waals surface area (Å²) < 4.78 is 30.2. The van der Waals surface area contributed by atoms with Crippen LogP contribution >= 0.6 is 0 Å². The first-order valence-corrected chi connectivity index (χ1v) is 9.77. The van der Waals surface area contributed by atoms with Gasteiger partial charge < -0.3 is 4.74 Å². The molecule has 1 atom stereocenters. The Labute approximate surface area is 123 Å². The number of sulfone groups is 1. The largest absolute Gasteiger partial charge is 0.500 e. The van der Waals surface area contributed by atoms with E-state index in [9.17, 15) is 8.42 Å². The molecule has 116 valence electrons. The fourth-order valence-electron chi connectivity index (χ4n) is 3.38. The molecule has 2 aliphatic rings. The van der Waals surface area contributed by atoms with Crippen molar-refractivity contribution in [2.45, 2.75) is 75.9 Å². The molecule has 0 spiro atoms. The molecule has 4 heteroatoms. The fraction of sp³-hybridized carbons (Fsp3) is 0.875. The topological polar surface area (TPSA) is 43.4 Å². The Bertz CT molecular complexity index is 431. The van der Waals surface area contributed by atoms with Crippen LogP contribution in [0.2, 0.25) is 0 Å². The highest BCUT2D eigenvalue weighted by Crippen LogP contribution is 2.34. The second kappa shape index (κ2) is 6.97. The van der Waals surface area contributed by atoms with Crippen LogP contribution in [0.25, 0.3) is 0 Å². The number of hydrogen-bond donors (Lipinski definition) is 0. The molecule has 2 rings (SSSR count). The monoisotopic (exact) mass is 300 g/mol. The minimum absolute atomic E-state index is 0.334. The van der Waals surface area contributed by atoms with Crippen LogP contribution in [0.1, 0.15) is 71.1 Å².